The summed E-state index contributed by atoms with van der Waals surface area (Å²) in [5, 5.41) is 3.15. The minimum Gasteiger partial charge on any atom is -0.329 e. The molecule has 2 fully saturated rings. The molecule has 0 aromatic carbocycles. The molecule has 1 spiro atoms. The third-order valence-corrected chi connectivity index (χ3v) is 5.62. The Kier molecular flexibility index (Phi) is 4.43. The quantitative estimate of drug-likeness (QED) is 0.649. The van der Waals surface area contributed by atoms with Crippen LogP contribution in [0.5, 0.6) is 0 Å². The van der Waals surface area contributed by atoms with Gasteiger partial charge in [0.1, 0.15) is 12.1 Å². The van der Waals surface area contributed by atoms with Gasteiger partial charge >= 0.3 is 0 Å². The van der Waals surface area contributed by atoms with Crippen molar-refractivity contribution in [1.82, 2.24) is 19.8 Å². The van der Waals surface area contributed by atoms with Gasteiger partial charge in [0.25, 0.3) is 5.91 Å². The molecule has 1 aromatic heterocycles. The maximum Gasteiger partial charge on any atom is 0.252 e. The fraction of sp³-hybridized carbons (Fsp3) is 0.600. The fourth-order valence-corrected chi connectivity index (χ4v) is 4.16. The number of imidazole rings is 1. The number of carbonyl (C=O) groups is 3. The van der Waals surface area contributed by atoms with Crippen LogP contribution >= 0.6 is 11.8 Å². The molecular formula is C15H20N4O3S. The number of aromatic nitrogens is 2. The number of imide groups is 1. The first kappa shape index (κ1) is 16.0. The maximum absolute atomic E-state index is 12.7. The van der Waals surface area contributed by atoms with Gasteiger partial charge in [-0.3, -0.25) is 19.7 Å². The first-order valence-electron chi connectivity index (χ1n) is 7.78. The average molecular weight is 336 g/mol. The van der Waals surface area contributed by atoms with Crippen molar-refractivity contribution in [3.05, 3.63) is 12.4 Å². The van der Waals surface area contributed by atoms with E-state index in [9.17, 15) is 14.4 Å². The smallest absolute Gasteiger partial charge is 0.252 e. The number of carbonyl (C=O) groups excluding carboxylic acids is 3. The van der Waals surface area contributed by atoms with Gasteiger partial charge in [-0.05, 0) is 12.8 Å². The molecule has 1 saturated carbocycles. The summed E-state index contributed by atoms with van der Waals surface area (Å²) in [5.41, 5.74) is -0.842. The van der Waals surface area contributed by atoms with E-state index in [-0.39, 0.29) is 24.1 Å². The van der Waals surface area contributed by atoms with Gasteiger partial charge in [-0.1, -0.05) is 31.0 Å². The molecule has 1 saturated heterocycles. The van der Waals surface area contributed by atoms with Gasteiger partial charge < -0.3 is 9.47 Å². The minimum absolute atomic E-state index is 0.0360. The highest BCUT2D eigenvalue weighted by atomic mass is 32.2. The first-order chi connectivity index (χ1) is 11.0. The van der Waals surface area contributed by atoms with Crippen molar-refractivity contribution in [2.75, 3.05) is 12.3 Å². The zero-order chi connectivity index (χ0) is 16.4. The van der Waals surface area contributed by atoms with E-state index >= 15 is 0 Å². The van der Waals surface area contributed by atoms with Gasteiger partial charge in [0.2, 0.25) is 11.8 Å². The molecular weight excluding hydrogens is 316 g/mol. The Morgan fingerprint density at radius 3 is 2.74 bits per heavy atom. The van der Waals surface area contributed by atoms with E-state index in [0.717, 1.165) is 24.4 Å². The van der Waals surface area contributed by atoms with E-state index in [1.165, 1.54) is 16.7 Å². The van der Waals surface area contributed by atoms with Crippen molar-refractivity contribution < 1.29 is 14.4 Å². The van der Waals surface area contributed by atoms with E-state index in [1.807, 2.05) is 17.8 Å². The molecule has 2 aliphatic rings. The second-order valence-electron chi connectivity index (χ2n) is 6.06. The highest BCUT2D eigenvalue weighted by Crippen LogP contribution is 2.36. The van der Waals surface area contributed by atoms with Crippen molar-refractivity contribution in [3.63, 3.8) is 0 Å². The number of piperazine rings is 1. The Balaban J connectivity index is 1.76. The second-order valence-corrected chi connectivity index (χ2v) is 7.00. The van der Waals surface area contributed by atoms with Gasteiger partial charge in [-0.25, -0.2) is 4.98 Å². The molecule has 0 unspecified atom stereocenters. The van der Waals surface area contributed by atoms with Crippen LogP contribution in [-0.4, -0.2) is 50.0 Å². The lowest BCUT2D eigenvalue weighted by Crippen LogP contribution is -2.69. The second kappa shape index (κ2) is 6.35. The summed E-state index contributed by atoms with van der Waals surface area (Å²) in [6, 6.07) is 0. The lowest BCUT2D eigenvalue weighted by atomic mass is 9.78. The van der Waals surface area contributed by atoms with Crippen LogP contribution in [0.25, 0.3) is 0 Å². The number of amides is 3. The highest BCUT2D eigenvalue weighted by molar-refractivity contribution is 7.99. The molecule has 0 radical (unpaired) electrons. The molecule has 0 bridgehead atoms. The van der Waals surface area contributed by atoms with Crippen LogP contribution in [-0.2, 0) is 21.4 Å². The van der Waals surface area contributed by atoms with Crippen LogP contribution in [0, 0.1) is 0 Å². The highest BCUT2D eigenvalue weighted by Gasteiger charge is 2.50. The molecule has 1 aromatic rings. The number of hydrogen-bond donors (Lipinski definition) is 1. The molecule has 8 heteroatoms. The van der Waals surface area contributed by atoms with Crippen molar-refractivity contribution in [2.24, 2.45) is 7.05 Å². The summed E-state index contributed by atoms with van der Waals surface area (Å²) >= 11 is 1.32. The normalized spacial score (nSPS) is 20.7. The Morgan fingerprint density at radius 1 is 1.35 bits per heavy atom. The van der Waals surface area contributed by atoms with Gasteiger partial charge in [-0.15, -0.1) is 0 Å². The van der Waals surface area contributed by atoms with Gasteiger partial charge in [-0.2, -0.15) is 0 Å². The van der Waals surface area contributed by atoms with E-state index < -0.39 is 11.4 Å². The molecule has 23 heavy (non-hydrogen) atoms. The zero-order valence-electron chi connectivity index (χ0n) is 13.1. The standard InChI is InChI=1S/C15H20N4O3S/c1-18-8-7-16-14(18)23-10-12(21)19-9-11(20)17-13(22)15(19)5-3-2-4-6-15/h7-8H,2-6,9-10H2,1H3,(H,17,20,22). The minimum atomic E-state index is -0.842. The van der Waals surface area contributed by atoms with Crippen molar-refractivity contribution in [1.29, 1.82) is 0 Å². The third kappa shape index (κ3) is 2.99. The van der Waals surface area contributed by atoms with Crippen molar-refractivity contribution in [2.45, 2.75) is 42.8 Å². The van der Waals surface area contributed by atoms with Crippen molar-refractivity contribution >= 4 is 29.5 Å². The summed E-state index contributed by atoms with van der Waals surface area (Å²) in [6.07, 6.45) is 7.61. The van der Waals surface area contributed by atoms with E-state index in [1.54, 1.807) is 6.20 Å². The molecule has 2 heterocycles. The van der Waals surface area contributed by atoms with E-state index in [0.29, 0.717) is 12.8 Å². The summed E-state index contributed by atoms with van der Waals surface area (Å²) in [4.78, 5) is 42.6. The number of rotatable bonds is 3. The Morgan fingerprint density at radius 2 is 2.09 bits per heavy atom. The van der Waals surface area contributed by atoms with Crippen LogP contribution in [0.1, 0.15) is 32.1 Å². The monoisotopic (exact) mass is 336 g/mol. The van der Waals surface area contributed by atoms with Crippen molar-refractivity contribution in [3.8, 4) is 0 Å². The fourth-order valence-electron chi connectivity index (χ4n) is 3.36. The summed E-state index contributed by atoms with van der Waals surface area (Å²) in [6.45, 7) is -0.0360. The van der Waals surface area contributed by atoms with Crippen LogP contribution in [0.15, 0.2) is 17.6 Å². The zero-order valence-corrected chi connectivity index (χ0v) is 13.9. The van der Waals surface area contributed by atoms with E-state index in [2.05, 4.69) is 10.3 Å². The number of thioether (sulfide) groups is 1. The van der Waals surface area contributed by atoms with Crippen LogP contribution in [0.3, 0.4) is 0 Å². The van der Waals surface area contributed by atoms with Gasteiger partial charge in [0, 0.05) is 19.4 Å². The van der Waals surface area contributed by atoms with Gasteiger partial charge in [0.05, 0.1) is 5.75 Å². The Hall–Kier alpha value is -1.83. The lowest BCUT2D eigenvalue weighted by molar-refractivity contribution is -0.158. The van der Waals surface area contributed by atoms with Crippen LogP contribution in [0.2, 0.25) is 0 Å². The summed E-state index contributed by atoms with van der Waals surface area (Å²) in [5.74, 6) is -0.721. The molecule has 3 amide bonds. The van der Waals surface area contributed by atoms with Gasteiger partial charge in [0.15, 0.2) is 5.16 Å². The number of nitrogens with zero attached hydrogens (tertiary/aromatic N) is 3. The molecule has 1 aliphatic carbocycles. The molecule has 0 atom stereocenters. The lowest BCUT2D eigenvalue weighted by Gasteiger charge is -2.47. The first-order valence-corrected chi connectivity index (χ1v) is 8.76. The number of aryl methyl sites for hydroxylation is 1. The molecule has 7 nitrogen and oxygen atoms in total. The molecule has 1 N–H and O–H groups in total. The largest absolute Gasteiger partial charge is 0.329 e. The summed E-state index contributed by atoms with van der Waals surface area (Å²) < 4.78 is 1.84. The molecule has 124 valence electrons. The van der Waals surface area contributed by atoms with Crippen LogP contribution in [0.4, 0.5) is 0 Å². The Labute approximate surface area is 138 Å². The SMILES string of the molecule is Cn1ccnc1SCC(=O)N1CC(=O)NC(=O)C12CCCCC2. The summed E-state index contributed by atoms with van der Waals surface area (Å²) in [7, 11) is 1.86. The van der Waals surface area contributed by atoms with Crippen LogP contribution < -0.4 is 5.32 Å². The average Bonchev–Trinajstić information content (AvgIpc) is 2.95. The number of nitrogens with one attached hydrogen (secondary N) is 1. The third-order valence-electron chi connectivity index (χ3n) is 4.58. The number of hydrogen-bond acceptors (Lipinski definition) is 5. The predicted molar refractivity (Wildman–Crippen MR) is 84.6 cm³/mol. The maximum atomic E-state index is 12.7. The Bertz CT molecular complexity index is 636. The molecule has 1 aliphatic heterocycles. The van der Waals surface area contributed by atoms with E-state index in [4.69, 9.17) is 0 Å². The topological polar surface area (TPSA) is 84.3 Å². The molecule has 3 rings (SSSR count). The predicted octanol–water partition coefficient (Wildman–Crippen LogP) is 0.700.